The van der Waals surface area contributed by atoms with Gasteiger partial charge in [0.2, 0.25) is 5.88 Å². The van der Waals surface area contributed by atoms with E-state index in [0.29, 0.717) is 11.0 Å². The third kappa shape index (κ3) is 2.27. The Hall–Kier alpha value is -1.60. The van der Waals surface area contributed by atoms with Gasteiger partial charge in [0, 0.05) is 20.2 Å². The average molecular weight is 294 g/mol. The molecule has 2 aromatic rings. The maximum atomic E-state index is 5.85. The normalized spacial score (nSPS) is 19.5. The van der Waals surface area contributed by atoms with Crippen molar-refractivity contribution in [3.8, 4) is 5.88 Å². The van der Waals surface area contributed by atoms with Crippen LogP contribution in [-0.4, -0.2) is 43.4 Å². The van der Waals surface area contributed by atoms with E-state index in [9.17, 15) is 0 Å². The van der Waals surface area contributed by atoms with E-state index in [4.69, 9.17) is 15.2 Å². The summed E-state index contributed by atoms with van der Waals surface area (Å²) in [5.41, 5.74) is 7.66. The van der Waals surface area contributed by atoms with Crippen molar-refractivity contribution in [1.29, 1.82) is 0 Å². The number of nitrogens with zero attached hydrogens (tertiary/aromatic N) is 3. The summed E-state index contributed by atoms with van der Waals surface area (Å²) in [4.78, 5) is 11.0. The number of rotatable bonds is 3. The van der Waals surface area contributed by atoms with Crippen molar-refractivity contribution in [2.45, 2.75) is 18.9 Å². The first-order chi connectivity index (χ1) is 9.72. The van der Waals surface area contributed by atoms with Gasteiger partial charge in [-0.15, -0.1) is 0 Å². The Morgan fingerprint density at radius 1 is 1.45 bits per heavy atom. The topological polar surface area (TPSA) is 73.5 Å². The number of piperidine rings is 1. The Bertz CT molecular complexity index is 616. The standard InChI is InChI=1S/C13H18N4O2S/c1-18-8-4-3-5-17(7-8)9-6-15-12(19-2)10-11(9)20-13(14)16-10/h6,8H,3-5,7H2,1-2H3,(H2,14,16). The van der Waals surface area contributed by atoms with Crippen LogP contribution in [-0.2, 0) is 4.74 Å². The monoisotopic (exact) mass is 294 g/mol. The predicted molar refractivity (Wildman–Crippen MR) is 80.6 cm³/mol. The number of ether oxygens (including phenoxy) is 2. The maximum Gasteiger partial charge on any atom is 0.241 e. The minimum Gasteiger partial charge on any atom is -0.479 e. The molecule has 0 aliphatic carbocycles. The van der Waals surface area contributed by atoms with Crippen LogP contribution in [0.3, 0.4) is 0 Å². The van der Waals surface area contributed by atoms with Crippen LogP contribution in [0.15, 0.2) is 6.20 Å². The molecule has 1 saturated heterocycles. The Labute approximate surface area is 121 Å². The fourth-order valence-electron chi connectivity index (χ4n) is 2.62. The minimum atomic E-state index is 0.270. The van der Waals surface area contributed by atoms with E-state index in [1.54, 1.807) is 14.2 Å². The van der Waals surface area contributed by atoms with Crippen molar-refractivity contribution in [3.05, 3.63) is 6.20 Å². The first-order valence-corrected chi connectivity index (χ1v) is 7.41. The van der Waals surface area contributed by atoms with Crippen LogP contribution in [0.2, 0.25) is 0 Å². The van der Waals surface area contributed by atoms with Gasteiger partial charge in [-0.1, -0.05) is 11.3 Å². The van der Waals surface area contributed by atoms with Crippen molar-refractivity contribution in [1.82, 2.24) is 9.97 Å². The first-order valence-electron chi connectivity index (χ1n) is 6.59. The summed E-state index contributed by atoms with van der Waals surface area (Å²) in [6.07, 6.45) is 4.33. The lowest BCUT2D eigenvalue weighted by molar-refractivity contribution is 0.0894. The van der Waals surface area contributed by atoms with Gasteiger partial charge in [-0.2, -0.15) is 0 Å². The van der Waals surface area contributed by atoms with Crippen LogP contribution in [0.25, 0.3) is 10.2 Å². The first kappa shape index (κ1) is 13.4. The van der Waals surface area contributed by atoms with Crippen molar-refractivity contribution in [2.24, 2.45) is 0 Å². The number of hydrogen-bond donors (Lipinski definition) is 1. The molecule has 0 radical (unpaired) electrons. The van der Waals surface area contributed by atoms with E-state index in [1.165, 1.54) is 11.3 Å². The number of fused-ring (bicyclic) bond motifs is 1. The summed E-state index contributed by atoms with van der Waals surface area (Å²) in [6.45, 7) is 1.87. The zero-order valence-corrected chi connectivity index (χ0v) is 12.4. The van der Waals surface area contributed by atoms with Crippen molar-refractivity contribution < 1.29 is 9.47 Å². The van der Waals surface area contributed by atoms with Crippen molar-refractivity contribution in [3.63, 3.8) is 0 Å². The van der Waals surface area contributed by atoms with Crippen LogP contribution >= 0.6 is 11.3 Å². The molecule has 2 aromatic heterocycles. The van der Waals surface area contributed by atoms with Crippen molar-refractivity contribution in [2.75, 3.05) is 37.9 Å². The number of pyridine rings is 1. The molecule has 7 heteroatoms. The molecule has 1 aliphatic heterocycles. The molecule has 1 unspecified atom stereocenters. The Morgan fingerprint density at radius 3 is 3.05 bits per heavy atom. The molecule has 0 saturated carbocycles. The third-order valence-corrected chi connectivity index (χ3v) is 4.54. The van der Waals surface area contributed by atoms with Gasteiger partial charge < -0.3 is 20.1 Å². The molecule has 108 valence electrons. The smallest absolute Gasteiger partial charge is 0.241 e. The molecule has 0 aromatic carbocycles. The van der Waals surface area contributed by atoms with Crippen molar-refractivity contribution >= 4 is 32.4 Å². The molecule has 1 fully saturated rings. The molecule has 6 nitrogen and oxygen atoms in total. The highest BCUT2D eigenvalue weighted by atomic mass is 32.1. The molecule has 3 rings (SSSR count). The molecule has 0 amide bonds. The lowest BCUT2D eigenvalue weighted by Gasteiger charge is -2.33. The van der Waals surface area contributed by atoms with E-state index >= 15 is 0 Å². The van der Waals surface area contributed by atoms with Gasteiger partial charge in [0.15, 0.2) is 5.13 Å². The van der Waals surface area contributed by atoms with E-state index < -0.39 is 0 Å². The summed E-state index contributed by atoms with van der Waals surface area (Å²) in [5.74, 6) is 0.525. The summed E-state index contributed by atoms with van der Waals surface area (Å²) >= 11 is 1.47. The molecule has 2 N–H and O–H groups in total. The summed E-state index contributed by atoms with van der Waals surface area (Å²) in [7, 11) is 3.36. The zero-order chi connectivity index (χ0) is 14.1. The van der Waals surface area contributed by atoms with E-state index in [2.05, 4.69) is 14.9 Å². The zero-order valence-electron chi connectivity index (χ0n) is 11.6. The lowest BCUT2D eigenvalue weighted by Crippen LogP contribution is -2.39. The number of thiazole rings is 1. The molecule has 0 bridgehead atoms. The minimum absolute atomic E-state index is 0.270. The molecule has 0 spiro atoms. The lowest BCUT2D eigenvalue weighted by atomic mass is 10.1. The highest BCUT2D eigenvalue weighted by molar-refractivity contribution is 7.22. The quantitative estimate of drug-likeness (QED) is 0.932. The second kappa shape index (κ2) is 5.41. The van der Waals surface area contributed by atoms with Gasteiger partial charge in [-0.25, -0.2) is 9.97 Å². The highest BCUT2D eigenvalue weighted by Crippen LogP contribution is 2.37. The van der Waals surface area contributed by atoms with Crippen LogP contribution in [0.4, 0.5) is 10.8 Å². The summed E-state index contributed by atoms with van der Waals surface area (Å²) in [5, 5.41) is 0.535. The SMILES string of the molecule is COc1ncc(N2CCCC(OC)C2)c2sc(N)nc12. The molecule has 20 heavy (non-hydrogen) atoms. The number of nitrogen functional groups attached to an aromatic ring is 1. The predicted octanol–water partition coefficient (Wildman–Crippen LogP) is 1.90. The largest absolute Gasteiger partial charge is 0.479 e. The Morgan fingerprint density at radius 2 is 2.30 bits per heavy atom. The van der Waals surface area contributed by atoms with Gasteiger partial charge in [0.25, 0.3) is 0 Å². The van der Waals surface area contributed by atoms with E-state index in [1.807, 2.05) is 6.20 Å². The highest BCUT2D eigenvalue weighted by Gasteiger charge is 2.23. The fourth-order valence-corrected chi connectivity index (χ4v) is 3.48. The second-order valence-electron chi connectivity index (χ2n) is 4.83. The van der Waals surface area contributed by atoms with Gasteiger partial charge in [-0.3, -0.25) is 0 Å². The number of aromatic nitrogens is 2. The van der Waals surface area contributed by atoms with Gasteiger partial charge in [0.05, 0.1) is 29.8 Å². The molecule has 3 heterocycles. The van der Waals surface area contributed by atoms with E-state index in [0.717, 1.165) is 41.8 Å². The molecule has 1 aliphatic rings. The Balaban J connectivity index is 2.03. The second-order valence-corrected chi connectivity index (χ2v) is 5.86. The summed E-state index contributed by atoms with van der Waals surface area (Å²) in [6, 6.07) is 0. The van der Waals surface area contributed by atoms with Gasteiger partial charge >= 0.3 is 0 Å². The number of hydrogen-bond acceptors (Lipinski definition) is 7. The van der Waals surface area contributed by atoms with Gasteiger partial charge in [-0.05, 0) is 12.8 Å². The number of nitrogens with two attached hydrogens (primary N) is 1. The third-order valence-electron chi connectivity index (χ3n) is 3.63. The molecular weight excluding hydrogens is 276 g/mol. The fraction of sp³-hybridized carbons (Fsp3) is 0.538. The maximum absolute atomic E-state index is 5.85. The molecule has 1 atom stereocenters. The van der Waals surface area contributed by atoms with Crippen LogP contribution in [0.1, 0.15) is 12.8 Å². The summed E-state index contributed by atoms with van der Waals surface area (Å²) < 4.78 is 11.8. The van der Waals surface area contributed by atoms with Crippen LogP contribution in [0.5, 0.6) is 5.88 Å². The Kier molecular flexibility index (Phi) is 3.62. The number of methoxy groups -OCH3 is 2. The van der Waals surface area contributed by atoms with Gasteiger partial charge in [0.1, 0.15) is 5.52 Å². The van der Waals surface area contributed by atoms with Crippen LogP contribution < -0.4 is 15.4 Å². The van der Waals surface area contributed by atoms with Crippen LogP contribution in [0, 0.1) is 0 Å². The number of anilines is 2. The van der Waals surface area contributed by atoms with E-state index in [-0.39, 0.29) is 6.10 Å². The molecular formula is C13H18N4O2S. The average Bonchev–Trinajstić information content (AvgIpc) is 2.87.